The normalized spacial score (nSPS) is 18.7. The van der Waals surface area contributed by atoms with Gasteiger partial charge in [0.2, 0.25) is 17.7 Å². The van der Waals surface area contributed by atoms with E-state index >= 15 is 0 Å². The number of unbranched alkanes of at least 4 members (excludes halogenated alkanes) is 9. The maximum atomic E-state index is 13.1. The molecule has 1 saturated heterocycles. The van der Waals surface area contributed by atoms with Gasteiger partial charge in [0.1, 0.15) is 0 Å². The molecule has 0 aromatic heterocycles. The Morgan fingerprint density at radius 2 is 1.33 bits per heavy atom. The predicted octanol–water partition coefficient (Wildman–Crippen LogP) is 5.47. The molecule has 1 unspecified atom stereocenters. The van der Waals surface area contributed by atoms with Crippen LogP contribution < -0.4 is 11.1 Å². The summed E-state index contributed by atoms with van der Waals surface area (Å²) in [6.07, 6.45) is 14.6. The number of amides is 3. The molecule has 6 nitrogen and oxygen atoms in total. The SMILES string of the molecule is CCCCCCCCCCCCC(CC(N)=O)C(=O)NC1CC(C)(C)N(C(C)=O)C(C)(C)C1. The Morgan fingerprint density at radius 1 is 0.879 bits per heavy atom. The van der Waals surface area contributed by atoms with Gasteiger partial charge >= 0.3 is 0 Å². The summed E-state index contributed by atoms with van der Waals surface area (Å²) in [6, 6.07) is -0.0267. The maximum absolute atomic E-state index is 13.1. The monoisotopic (exact) mass is 465 g/mol. The number of nitrogens with zero attached hydrogens (tertiary/aromatic N) is 1. The third kappa shape index (κ3) is 10.5. The number of hydrogen-bond donors (Lipinski definition) is 2. The number of carbonyl (C=O) groups is 3. The number of nitrogens with two attached hydrogens (primary N) is 1. The molecule has 1 fully saturated rings. The molecule has 0 radical (unpaired) electrons. The molecule has 1 atom stereocenters. The van der Waals surface area contributed by atoms with Crippen LogP contribution in [0, 0.1) is 5.92 Å². The largest absolute Gasteiger partial charge is 0.370 e. The molecule has 1 aliphatic rings. The Bertz CT molecular complexity index is 612. The van der Waals surface area contributed by atoms with Crippen LogP contribution in [0.3, 0.4) is 0 Å². The van der Waals surface area contributed by atoms with E-state index in [0.717, 1.165) is 12.8 Å². The molecule has 0 aromatic carbocycles. The summed E-state index contributed by atoms with van der Waals surface area (Å²) in [5, 5.41) is 3.20. The van der Waals surface area contributed by atoms with Crippen LogP contribution in [0.2, 0.25) is 0 Å². The van der Waals surface area contributed by atoms with Crippen LogP contribution in [0.4, 0.5) is 0 Å². The van der Waals surface area contributed by atoms with E-state index in [1.165, 1.54) is 51.4 Å². The molecule has 0 saturated carbocycles. The fourth-order valence-corrected chi connectivity index (χ4v) is 6.00. The molecule has 0 bridgehead atoms. The lowest BCUT2D eigenvalue weighted by Crippen LogP contribution is -2.65. The van der Waals surface area contributed by atoms with Crippen LogP contribution in [0.5, 0.6) is 0 Å². The zero-order valence-electron chi connectivity index (χ0n) is 22.3. The second-order valence-electron chi connectivity index (χ2n) is 11.4. The first-order valence-corrected chi connectivity index (χ1v) is 13.3. The molecule has 3 N–H and O–H groups in total. The van der Waals surface area contributed by atoms with Crippen LogP contribution in [0.1, 0.15) is 131 Å². The second kappa shape index (κ2) is 14.0. The van der Waals surface area contributed by atoms with Gasteiger partial charge in [-0.05, 0) is 47.0 Å². The van der Waals surface area contributed by atoms with Crippen molar-refractivity contribution in [2.24, 2.45) is 11.7 Å². The number of piperidine rings is 1. The van der Waals surface area contributed by atoms with Gasteiger partial charge in [0.05, 0.1) is 0 Å². The van der Waals surface area contributed by atoms with Gasteiger partial charge in [-0.15, -0.1) is 0 Å². The number of nitrogens with one attached hydrogen (secondary N) is 1. The molecular weight excluding hydrogens is 414 g/mol. The third-order valence-electron chi connectivity index (χ3n) is 7.09. The molecule has 0 aromatic rings. The second-order valence-corrected chi connectivity index (χ2v) is 11.4. The van der Waals surface area contributed by atoms with Gasteiger partial charge in [-0.25, -0.2) is 0 Å². The number of rotatable bonds is 15. The van der Waals surface area contributed by atoms with E-state index in [-0.39, 0.29) is 41.3 Å². The lowest BCUT2D eigenvalue weighted by atomic mass is 9.76. The molecule has 1 rings (SSSR count). The Labute approximate surface area is 202 Å². The molecule has 192 valence electrons. The molecule has 3 amide bonds. The number of hydrogen-bond acceptors (Lipinski definition) is 3. The van der Waals surface area contributed by atoms with E-state index < -0.39 is 5.91 Å². The minimum absolute atomic E-state index is 0.0267. The standard InChI is InChI=1S/C27H51N3O3/c1-7-8-9-10-11-12-13-14-15-16-17-22(18-24(28)32)25(33)29-23-19-26(3,4)30(21(2)31)27(5,6)20-23/h22-23H,7-20H2,1-6H3,(H2,28,32)(H,29,33). The van der Waals surface area contributed by atoms with Crippen LogP contribution >= 0.6 is 0 Å². The van der Waals surface area contributed by atoms with Crippen molar-refractivity contribution >= 4 is 17.7 Å². The quantitative estimate of drug-likeness (QED) is 0.314. The average molecular weight is 466 g/mol. The van der Waals surface area contributed by atoms with E-state index in [1.807, 2.05) is 4.90 Å². The van der Waals surface area contributed by atoms with Crippen LogP contribution in [0.15, 0.2) is 0 Å². The number of likely N-dealkylation sites (tertiary alicyclic amines) is 1. The van der Waals surface area contributed by atoms with Crippen LogP contribution in [-0.2, 0) is 14.4 Å². The summed E-state index contributed by atoms with van der Waals surface area (Å²) in [5.41, 5.74) is 4.77. The van der Waals surface area contributed by atoms with Crippen molar-refractivity contribution in [2.75, 3.05) is 0 Å². The Morgan fingerprint density at radius 3 is 1.76 bits per heavy atom. The molecule has 6 heteroatoms. The van der Waals surface area contributed by atoms with E-state index in [9.17, 15) is 14.4 Å². The molecule has 1 heterocycles. The molecule has 0 aliphatic carbocycles. The lowest BCUT2D eigenvalue weighted by Gasteiger charge is -2.55. The maximum Gasteiger partial charge on any atom is 0.223 e. The van der Waals surface area contributed by atoms with Crippen molar-refractivity contribution in [3.05, 3.63) is 0 Å². The van der Waals surface area contributed by atoms with Gasteiger partial charge in [0.25, 0.3) is 0 Å². The zero-order valence-corrected chi connectivity index (χ0v) is 22.3. The minimum Gasteiger partial charge on any atom is -0.370 e. The molecule has 33 heavy (non-hydrogen) atoms. The summed E-state index contributed by atoms with van der Waals surface area (Å²) in [4.78, 5) is 38.9. The van der Waals surface area contributed by atoms with Crippen LogP contribution in [0.25, 0.3) is 0 Å². The highest BCUT2D eigenvalue weighted by Gasteiger charge is 2.47. The average Bonchev–Trinajstić information content (AvgIpc) is 2.65. The van der Waals surface area contributed by atoms with Crippen molar-refractivity contribution in [1.82, 2.24) is 10.2 Å². The zero-order chi connectivity index (χ0) is 25.1. The molecule has 0 spiro atoms. The summed E-state index contributed by atoms with van der Waals surface area (Å²) >= 11 is 0. The Balaban J connectivity index is 2.51. The topological polar surface area (TPSA) is 92.5 Å². The lowest BCUT2D eigenvalue weighted by molar-refractivity contribution is -0.148. The van der Waals surface area contributed by atoms with Crippen molar-refractivity contribution in [1.29, 1.82) is 0 Å². The molecular formula is C27H51N3O3. The fraction of sp³-hybridized carbons (Fsp3) is 0.889. The number of primary amides is 1. The smallest absolute Gasteiger partial charge is 0.223 e. The minimum atomic E-state index is -0.422. The van der Waals surface area contributed by atoms with Crippen molar-refractivity contribution in [2.45, 2.75) is 149 Å². The Hall–Kier alpha value is -1.59. The van der Waals surface area contributed by atoms with E-state index in [0.29, 0.717) is 19.3 Å². The van der Waals surface area contributed by atoms with E-state index in [4.69, 9.17) is 5.73 Å². The number of carbonyl (C=O) groups excluding carboxylic acids is 3. The summed E-state index contributed by atoms with van der Waals surface area (Å²) in [7, 11) is 0. The van der Waals surface area contributed by atoms with Gasteiger partial charge in [-0.2, -0.15) is 0 Å². The third-order valence-corrected chi connectivity index (χ3v) is 7.09. The highest BCUT2D eigenvalue weighted by atomic mass is 16.2. The van der Waals surface area contributed by atoms with Gasteiger partial charge < -0.3 is 16.0 Å². The van der Waals surface area contributed by atoms with Gasteiger partial charge in [0.15, 0.2) is 0 Å². The van der Waals surface area contributed by atoms with Gasteiger partial charge in [0, 0.05) is 36.4 Å². The highest BCUT2D eigenvalue weighted by Crippen LogP contribution is 2.38. The summed E-state index contributed by atoms with van der Waals surface area (Å²) in [6.45, 7) is 12.1. The van der Waals surface area contributed by atoms with Crippen molar-refractivity contribution in [3.8, 4) is 0 Å². The van der Waals surface area contributed by atoms with Gasteiger partial charge in [-0.1, -0.05) is 71.1 Å². The highest BCUT2D eigenvalue weighted by molar-refractivity contribution is 5.85. The first-order chi connectivity index (χ1) is 15.4. The van der Waals surface area contributed by atoms with Crippen molar-refractivity contribution in [3.63, 3.8) is 0 Å². The first-order valence-electron chi connectivity index (χ1n) is 13.3. The summed E-state index contributed by atoms with van der Waals surface area (Å²) < 4.78 is 0. The first kappa shape index (κ1) is 29.4. The summed E-state index contributed by atoms with van der Waals surface area (Å²) in [5.74, 6) is -0.803. The van der Waals surface area contributed by atoms with E-state index in [2.05, 4.69) is 39.9 Å². The fourth-order valence-electron chi connectivity index (χ4n) is 6.00. The predicted molar refractivity (Wildman–Crippen MR) is 136 cm³/mol. The van der Waals surface area contributed by atoms with Gasteiger partial charge in [-0.3, -0.25) is 14.4 Å². The van der Waals surface area contributed by atoms with Crippen LogP contribution in [-0.4, -0.2) is 39.7 Å². The van der Waals surface area contributed by atoms with Crippen molar-refractivity contribution < 1.29 is 14.4 Å². The Kier molecular flexibility index (Phi) is 12.5. The van der Waals surface area contributed by atoms with E-state index in [1.54, 1.807) is 6.92 Å². The molecule has 1 aliphatic heterocycles.